The van der Waals surface area contributed by atoms with Crippen LogP contribution in [-0.4, -0.2) is 55.0 Å². The molecule has 1 aromatic heterocycles. The first-order valence-corrected chi connectivity index (χ1v) is 13.7. The van der Waals surface area contributed by atoms with Crippen molar-refractivity contribution in [1.82, 2.24) is 14.2 Å². The third-order valence-corrected chi connectivity index (χ3v) is 9.62. The Morgan fingerprint density at radius 3 is 2.53 bits per heavy atom. The van der Waals surface area contributed by atoms with Gasteiger partial charge in [-0.2, -0.15) is 9.57 Å². The topological polar surface area (TPSA) is 77.3 Å². The maximum Gasteiger partial charge on any atom is 0.243 e. The van der Waals surface area contributed by atoms with Crippen LogP contribution < -0.4 is 0 Å². The molecule has 2 aromatic rings. The number of nitrogens with zero attached hydrogens (tertiary/aromatic N) is 4. The number of pyridine rings is 1. The van der Waals surface area contributed by atoms with E-state index in [0.29, 0.717) is 23.5 Å². The molecule has 1 spiro atoms. The van der Waals surface area contributed by atoms with E-state index in [1.807, 2.05) is 44.4 Å². The number of nitriles is 1. The minimum atomic E-state index is -3.46. The summed E-state index contributed by atoms with van der Waals surface area (Å²) in [6, 6.07) is 11.6. The number of hydrogen-bond acceptors (Lipinski definition) is 6. The summed E-state index contributed by atoms with van der Waals surface area (Å²) in [5.74, 6) is 0. The maximum atomic E-state index is 13.3. The van der Waals surface area contributed by atoms with E-state index in [0.717, 1.165) is 60.7 Å². The molecule has 0 radical (unpaired) electrons. The minimum absolute atomic E-state index is 0.183. The van der Waals surface area contributed by atoms with Crippen molar-refractivity contribution in [3.63, 3.8) is 0 Å². The largest absolute Gasteiger partial charge is 0.297 e. The van der Waals surface area contributed by atoms with E-state index >= 15 is 0 Å². The Balaban J connectivity index is 1.40. The van der Waals surface area contributed by atoms with Crippen LogP contribution in [0.5, 0.6) is 0 Å². The summed E-state index contributed by atoms with van der Waals surface area (Å²) in [6.07, 6.45) is 4.82. The standard InChI is InChI=1S/C24H30N4O2S2/c1-18-4-5-19(2)22(14-18)32(29,30)28-12-9-24(10-13-28)8-11-27(17-24)16-21-7-6-20(15-25)23(26-21)31-3/h4-7,14H,8-13,16-17H2,1-3H3. The lowest BCUT2D eigenvalue weighted by Crippen LogP contribution is -2.44. The van der Waals surface area contributed by atoms with Crippen molar-refractivity contribution in [1.29, 1.82) is 5.26 Å². The number of likely N-dealkylation sites (tertiary alicyclic amines) is 1. The molecule has 0 aliphatic carbocycles. The molecule has 4 rings (SSSR count). The smallest absolute Gasteiger partial charge is 0.243 e. The van der Waals surface area contributed by atoms with Crippen LogP contribution in [-0.2, 0) is 16.6 Å². The molecule has 0 N–H and O–H groups in total. The van der Waals surface area contributed by atoms with Gasteiger partial charge in [-0.05, 0) is 80.7 Å². The summed E-state index contributed by atoms with van der Waals surface area (Å²) in [7, 11) is -3.46. The highest BCUT2D eigenvalue weighted by atomic mass is 32.2. The molecule has 3 heterocycles. The highest BCUT2D eigenvalue weighted by Gasteiger charge is 2.43. The molecular weight excluding hydrogens is 440 g/mol. The van der Waals surface area contributed by atoms with Gasteiger partial charge in [-0.1, -0.05) is 12.1 Å². The molecule has 2 aliphatic heterocycles. The van der Waals surface area contributed by atoms with Gasteiger partial charge in [0.15, 0.2) is 0 Å². The molecular formula is C24H30N4O2S2. The fraction of sp³-hybridized carbons (Fsp3) is 0.500. The molecule has 0 bridgehead atoms. The lowest BCUT2D eigenvalue weighted by Gasteiger charge is -2.39. The van der Waals surface area contributed by atoms with Crippen LogP contribution in [0.25, 0.3) is 0 Å². The van der Waals surface area contributed by atoms with E-state index in [1.165, 1.54) is 11.8 Å². The summed E-state index contributed by atoms with van der Waals surface area (Å²) in [5.41, 5.74) is 3.57. The minimum Gasteiger partial charge on any atom is -0.297 e. The van der Waals surface area contributed by atoms with Crippen molar-refractivity contribution < 1.29 is 8.42 Å². The number of hydrogen-bond donors (Lipinski definition) is 0. The third-order valence-electron chi connectivity index (χ3n) is 6.88. The predicted molar refractivity (Wildman–Crippen MR) is 127 cm³/mol. The number of rotatable bonds is 5. The van der Waals surface area contributed by atoms with Crippen LogP contribution in [0.3, 0.4) is 0 Å². The molecule has 1 aromatic carbocycles. The van der Waals surface area contributed by atoms with E-state index < -0.39 is 10.0 Å². The molecule has 32 heavy (non-hydrogen) atoms. The lowest BCUT2D eigenvalue weighted by molar-refractivity contribution is 0.153. The third kappa shape index (κ3) is 4.58. The number of benzene rings is 1. The first-order valence-electron chi connectivity index (χ1n) is 11.0. The van der Waals surface area contributed by atoms with Crippen LogP contribution in [0, 0.1) is 30.6 Å². The van der Waals surface area contributed by atoms with E-state index in [4.69, 9.17) is 0 Å². The van der Waals surface area contributed by atoms with Gasteiger partial charge in [0.25, 0.3) is 0 Å². The Hall–Kier alpha value is -1.92. The SMILES string of the molecule is CSc1nc(CN2CCC3(CCN(S(=O)(=O)c4cc(C)ccc4C)CC3)C2)ccc1C#N. The summed E-state index contributed by atoms with van der Waals surface area (Å²) in [6.45, 7) is 7.70. The number of thioether (sulfide) groups is 1. The van der Waals surface area contributed by atoms with Crippen molar-refractivity contribution in [3.8, 4) is 6.07 Å². The highest BCUT2D eigenvalue weighted by Crippen LogP contribution is 2.42. The van der Waals surface area contributed by atoms with Crippen molar-refractivity contribution in [2.24, 2.45) is 5.41 Å². The van der Waals surface area contributed by atoms with Crippen LogP contribution >= 0.6 is 11.8 Å². The van der Waals surface area contributed by atoms with Crippen molar-refractivity contribution in [2.75, 3.05) is 32.4 Å². The quantitative estimate of drug-likeness (QED) is 0.616. The molecule has 0 unspecified atom stereocenters. The Morgan fingerprint density at radius 2 is 1.84 bits per heavy atom. The summed E-state index contributed by atoms with van der Waals surface area (Å²) in [4.78, 5) is 7.53. The van der Waals surface area contributed by atoms with Gasteiger partial charge in [0, 0.05) is 26.2 Å². The predicted octanol–water partition coefficient (Wildman–Crippen LogP) is 3.97. The summed E-state index contributed by atoms with van der Waals surface area (Å²) in [5, 5.41) is 9.99. The van der Waals surface area contributed by atoms with Crippen molar-refractivity contribution >= 4 is 21.8 Å². The van der Waals surface area contributed by atoms with Gasteiger partial charge in [0.05, 0.1) is 16.2 Å². The van der Waals surface area contributed by atoms with Gasteiger partial charge in [-0.3, -0.25) is 4.90 Å². The molecule has 0 atom stereocenters. The Kier molecular flexibility index (Phi) is 6.64. The van der Waals surface area contributed by atoms with Crippen LogP contribution in [0.2, 0.25) is 0 Å². The van der Waals surface area contributed by atoms with Gasteiger partial charge in [-0.25, -0.2) is 13.4 Å². The highest BCUT2D eigenvalue weighted by molar-refractivity contribution is 7.98. The van der Waals surface area contributed by atoms with E-state index in [2.05, 4.69) is 16.0 Å². The summed E-state index contributed by atoms with van der Waals surface area (Å²) >= 11 is 1.50. The zero-order valence-corrected chi connectivity index (χ0v) is 20.6. The number of aryl methyl sites for hydroxylation is 2. The van der Waals surface area contributed by atoms with Gasteiger partial charge in [-0.15, -0.1) is 11.8 Å². The fourth-order valence-electron chi connectivity index (χ4n) is 4.93. The molecule has 8 heteroatoms. The van der Waals surface area contributed by atoms with E-state index in [9.17, 15) is 13.7 Å². The maximum absolute atomic E-state index is 13.3. The second-order valence-corrected chi connectivity index (χ2v) is 11.8. The van der Waals surface area contributed by atoms with E-state index in [1.54, 1.807) is 10.4 Å². The normalized spacial score (nSPS) is 19.3. The second-order valence-electron chi connectivity index (χ2n) is 9.10. The molecule has 2 saturated heterocycles. The monoisotopic (exact) mass is 470 g/mol. The number of aromatic nitrogens is 1. The van der Waals surface area contributed by atoms with Crippen LogP contribution in [0.1, 0.15) is 41.6 Å². The molecule has 6 nitrogen and oxygen atoms in total. The Bertz CT molecular complexity index is 1150. The molecule has 0 amide bonds. The van der Waals surface area contributed by atoms with Crippen molar-refractivity contribution in [3.05, 3.63) is 52.7 Å². The van der Waals surface area contributed by atoms with Gasteiger partial charge in [0.1, 0.15) is 11.1 Å². The Morgan fingerprint density at radius 1 is 1.12 bits per heavy atom. The van der Waals surface area contributed by atoms with Crippen LogP contribution in [0.15, 0.2) is 40.3 Å². The van der Waals surface area contributed by atoms with Gasteiger partial charge >= 0.3 is 0 Å². The van der Waals surface area contributed by atoms with Crippen LogP contribution in [0.4, 0.5) is 0 Å². The molecule has 2 fully saturated rings. The fourth-order valence-corrected chi connectivity index (χ4v) is 7.23. The lowest BCUT2D eigenvalue weighted by atomic mass is 9.78. The average Bonchev–Trinajstić information content (AvgIpc) is 3.17. The summed E-state index contributed by atoms with van der Waals surface area (Å²) < 4.78 is 28.2. The zero-order valence-electron chi connectivity index (χ0n) is 19.0. The molecule has 2 aliphatic rings. The zero-order chi connectivity index (χ0) is 22.9. The molecule has 0 saturated carbocycles. The number of sulfonamides is 1. The second kappa shape index (κ2) is 9.14. The van der Waals surface area contributed by atoms with Crippen molar-refractivity contribution in [2.45, 2.75) is 49.6 Å². The first-order chi connectivity index (χ1) is 15.3. The van der Waals surface area contributed by atoms with Gasteiger partial charge < -0.3 is 0 Å². The average molecular weight is 471 g/mol. The van der Waals surface area contributed by atoms with Gasteiger partial charge in [0.2, 0.25) is 10.0 Å². The van der Waals surface area contributed by atoms with E-state index in [-0.39, 0.29) is 5.41 Å². The first kappa shape index (κ1) is 23.2. The molecule has 170 valence electrons. The number of piperidine rings is 1. The Labute approximate surface area is 195 Å².